The Bertz CT molecular complexity index is 879. The minimum Gasteiger partial charge on any atom is -0.494 e. The third-order valence-corrected chi connectivity index (χ3v) is 3.65. The first-order valence-corrected chi connectivity index (χ1v) is 7.08. The van der Waals surface area contributed by atoms with Crippen LogP contribution in [0.25, 0.3) is 0 Å². The molecule has 0 aliphatic heterocycles. The topological polar surface area (TPSA) is 92.3 Å². The van der Waals surface area contributed by atoms with Crippen LogP contribution >= 0.6 is 0 Å². The van der Waals surface area contributed by atoms with E-state index < -0.39 is 23.0 Å². The van der Waals surface area contributed by atoms with Crippen LogP contribution in [0.5, 0.6) is 5.88 Å². The zero-order valence-electron chi connectivity index (χ0n) is 13.2. The maximum atomic E-state index is 13.0. The molecule has 124 valence electrons. The van der Waals surface area contributed by atoms with Crippen molar-refractivity contribution in [3.63, 3.8) is 0 Å². The van der Waals surface area contributed by atoms with Crippen molar-refractivity contribution in [3.8, 4) is 11.9 Å². The summed E-state index contributed by atoms with van der Waals surface area (Å²) in [7, 11) is 1.42. The van der Waals surface area contributed by atoms with E-state index in [1.807, 2.05) is 0 Å². The molecule has 0 atom stereocenters. The Morgan fingerprint density at radius 2 is 2.00 bits per heavy atom. The van der Waals surface area contributed by atoms with E-state index in [1.54, 1.807) is 6.07 Å². The molecular weight excluding hydrogens is 315 g/mol. The number of methoxy groups -OCH3 is 1. The summed E-state index contributed by atoms with van der Waals surface area (Å²) in [6.45, 7) is 1.52. The van der Waals surface area contributed by atoms with Gasteiger partial charge in [0.1, 0.15) is 17.4 Å². The normalized spacial score (nSPS) is 10.4. The minimum atomic E-state index is -0.694. The number of nitriles is 1. The SMILES string of the molecule is COCCn1c(O)c(C(=O)c2ccc(F)cc2)c(C)c(C#N)c1=O. The standard InChI is InChI=1S/C17H15FN2O4/c1-10-13(9-19)16(22)20(7-8-24-2)17(23)14(10)15(21)11-3-5-12(18)6-4-11/h3-6,23H,7-8H2,1-2H3. The average Bonchev–Trinajstić information content (AvgIpc) is 2.55. The molecule has 0 aliphatic rings. The highest BCUT2D eigenvalue weighted by Gasteiger charge is 2.24. The molecule has 0 bridgehead atoms. The molecule has 1 N–H and O–H groups in total. The van der Waals surface area contributed by atoms with Gasteiger partial charge in [-0.05, 0) is 36.8 Å². The molecule has 24 heavy (non-hydrogen) atoms. The van der Waals surface area contributed by atoms with E-state index in [9.17, 15) is 24.3 Å². The lowest BCUT2D eigenvalue weighted by Gasteiger charge is -2.15. The number of ether oxygens (including phenoxy) is 1. The fourth-order valence-electron chi connectivity index (χ4n) is 2.36. The average molecular weight is 330 g/mol. The predicted octanol–water partition coefficient (Wildman–Crippen LogP) is 1.75. The van der Waals surface area contributed by atoms with Crippen LogP contribution in [0.1, 0.15) is 27.0 Å². The first-order valence-electron chi connectivity index (χ1n) is 7.08. The maximum Gasteiger partial charge on any atom is 0.271 e. The fraction of sp³-hybridized carbons (Fsp3) is 0.235. The highest BCUT2D eigenvalue weighted by atomic mass is 19.1. The van der Waals surface area contributed by atoms with Crippen molar-refractivity contribution >= 4 is 5.78 Å². The van der Waals surface area contributed by atoms with Crippen molar-refractivity contribution in [1.82, 2.24) is 4.57 Å². The Kier molecular flexibility index (Phi) is 5.11. The van der Waals surface area contributed by atoms with Crippen molar-refractivity contribution in [3.05, 3.63) is 62.7 Å². The highest BCUT2D eigenvalue weighted by molar-refractivity contribution is 6.11. The summed E-state index contributed by atoms with van der Waals surface area (Å²) >= 11 is 0. The van der Waals surface area contributed by atoms with Crippen molar-refractivity contribution in [2.75, 3.05) is 13.7 Å². The van der Waals surface area contributed by atoms with Crippen LogP contribution in [0.3, 0.4) is 0 Å². The summed E-state index contributed by atoms with van der Waals surface area (Å²) in [6, 6.07) is 6.54. The lowest BCUT2D eigenvalue weighted by Crippen LogP contribution is -2.28. The van der Waals surface area contributed by atoms with E-state index in [1.165, 1.54) is 26.2 Å². The summed E-state index contributed by atoms with van der Waals surface area (Å²) in [5.74, 6) is -1.65. The van der Waals surface area contributed by atoms with Gasteiger partial charge in [-0.2, -0.15) is 5.26 Å². The molecule has 2 aromatic rings. The number of carbonyl (C=O) groups excluding carboxylic acids is 1. The van der Waals surface area contributed by atoms with Gasteiger partial charge in [-0.3, -0.25) is 14.2 Å². The highest BCUT2D eigenvalue weighted by Crippen LogP contribution is 2.25. The van der Waals surface area contributed by atoms with Gasteiger partial charge in [0.15, 0.2) is 5.78 Å². The first-order chi connectivity index (χ1) is 11.4. The summed E-state index contributed by atoms with van der Waals surface area (Å²) in [4.78, 5) is 24.9. The van der Waals surface area contributed by atoms with E-state index in [0.29, 0.717) is 0 Å². The van der Waals surface area contributed by atoms with Gasteiger partial charge >= 0.3 is 0 Å². The monoisotopic (exact) mass is 330 g/mol. The second kappa shape index (κ2) is 7.06. The Hall–Kier alpha value is -2.98. The molecule has 1 aromatic carbocycles. The summed E-state index contributed by atoms with van der Waals surface area (Å²) in [5.41, 5.74) is -0.859. The molecule has 7 heteroatoms. The van der Waals surface area contributed by atoms with Crippen molar-refractivity contribution in [1.29, 1.82) is 5.26 Å². The zero-order chi connectivity index (χ0) is 17.9. The Morgan fingerprint density at radius 3 is 2.54 bits per heavy atom. The van der Waals surface area contributed by atoms with Crippen LogP contribution in [-0.4, -0.2) is 29.2 Å². The van der Waals surface area contributed by atoms with E-state index in [2.05, 4.69) is 0 Å². The summed E-state index contributed by atoms with van der Waals surface area (Å²) in [6.07, 6.45) is 0. The molecule has 0 fully saturated rings. The van der Waals surface area contributed by atoms with Gasteiger partial charge in [-0.1, -0.05) is 0 Å². The number of benzene rings is 1. The number of hydrogen-bond donors (Lipinski definition) is 1. The zero-order valence-corrected chi connectivity index (χ0v) is 13.2. The second-order valence-corrected chi connectivity index (χ2v) is 5.10. The Labute approximate surface area is 137 Å². The fourth-order valence-corrected chi connectivity index (χ4v) is 2.36. The molecular formula is C17H15FN2O4. The second-order valence-electron chi connectivity index (χ2n) is 5.10. The van der Waals surface area contributed by atoms with Crippen LogP contribution in [-0.2, 0) is 11.3 Å². The number of nitrogens with zero attached hydrogens (tertiary/aromatic N) is 2. The lowest BCUT2D eigenvalue weighted by molar-refractivity contribution is 0.103. The van der Waals surface area contributed by atoms with Crippen molar-refractivity contribution in [2.24, 2.45) is 0 Å². The number of rotatable bonds is 5. The van der Waals surface area contributed by atoms with Crippen LogP contribution in [0.15, 0.2) is 29.1 Å². The van der Waals surface area contributed by atoms with Gasteiger partial charge in [0.2, 0.25) is 5.88 Å². The number of hydrogen-bond acceptors (Lipinski definition) is 5. The third-order valence-electron chi connectivity index (χ3n) is 3.65. The van der Waals surface area contributed by atoms with Crippen LogP contribution < -0.4 is 5.56 Å². The Morgan fingerprint density at radius 1 is 1.38 bits per heavy atom. The number of carbonyl (C=O) groups is 1. The summed E-state index contributed by atoms with van der Waals surface area (Å²) in [5, 5.41) is 19.6. The molecule has 1 aromatic heterocycles. The summed E-state index contributed by atoms with van der Waals surface area (Å²) < 4.78 is 18.8. The molecule has 0 unspecified atom stereocenters. The number of pyridine rings is 1. The number of ketones is 1. The number of aromatic hydroxyl groups is 1. The first kappa shape index (κ1) is 17.4. The number of aromatic nitrogens is 1. The minimum absolute atomic E-state index is 0.0141. The van der Waals surface area contributed by atoms with Gasteiger partial charge < -0.3 is 9.84 Å². The van der Waals surface area contributed by atoms with Crippen LogP contribution in [0.4, 0.5) is 4.39 Å². The quantitative estimate of drug-likeness (QED) is 0.843. The lowest BCUT2D eigenvalue weighted by atomic mass is 9.97. The molecule has 0 radical (unpaired) electrons. The smallest absolute Gasteiger partial charge is 0.271 e. The molecule has 1 heterocycles. The van der Waals surface area contributed by atoms with Crippen LogP contribution in [0.2, 0.25) is 0 Å². The third kappa shape index (κ3) is 3.05. The van der Waals surface area contributed by atoms with E-state index in [4.69, 9.17) is 4.74 Å². The molecule has 0 saturated carbocycles. The largest absolute Gasteiger partial charge is 0.494 e. The molecule has 0 spiro atoms. The Balaban J connectivity index is 2.69. The van der Waals surface area contributed by atoms with E-state index in [-0.39, 0.29) is 35.4 Å². The molecule has 0 amide bonds. The molecule has 0 saturated heterocycles. The predicted molar refractivity (Wildman–Crippen MR) is 83.5 cm³/mol. The molecule has 6 nitrogen and oxygen atoms in total. The number of halogens is 1. The van der Waals surface area contributed by atoms with E-state index in [0.717, 1.165) is 16.7 Å². The van der Waals surface area contributed by atoms with Gasteiger partial charge in [0.25, 0.3) is 5.56 Å². The van der Waals surface area contributed by atoms with Gasteiger partial charge in [-0.25, -0.2) is 4.39 Å². The van der Waals surface area contributed by atoms with Crippen molar-refractivity contribution in [2.45, 2.75) is 13.5 Å². The molecule has 2 rings (SSSR count). The van der Waals surface area contributed by atoms with Gasteiger partial charge in [0, 0.05) is 12.7 Å². The van der Waals surface area contributed by atoms with Gasteiger partial charge in [-0.15, -0.1) is 0 Å². The van der Waals surface area contributed by atoms with Crippen molar-refractivity contribution < 1.29 is 19.0 Å². The molecule has 0 aliphatic carbocycles. The maximum absolute atomic E-state index is 13.0. The van der Waals surface area contributed by atoms with Gasteiger partial charge in [0.05, 0.1) is 18.7 Å². The van der Waals surface area contributed by atoms with Crippen LogP contribution in [0, 0.1) is 24.1 Å². The van der Waals surface area contributed by atoms with E-state index >= 15 is 0 Å².